The highest BCUT2D eigenvalue weighted by Gasteiger charge is 2.31. The van der Waals surface area contributed by atoms with Crippen LogP contribution in [0.25, 0.3) is 11.1 Å². The molecule has 144 valence electrons. The van der Waals surface area contributed by atoms with Crippen LogP contribution in [0.3, 0.4) is 0 Å². The summed E-state index contributed by atoms with van der Waals surface area (Å²) in [6, 6.07) is 13.1. The molecule has 0 unspecified atom stereocenters. The fourth-order valence-electron chi connectivity index (χ4n) is 3.50. The number of benzene rings is 2. The van der Waals surface area contributed by atoms with Crippen LogP contribution >= 0.6 is 11.3 Å². The van der Waals surface area contributed by atoms with Gasteiger partial charge in [-0.05, 0) is 42.3 Å². The molecule has 3 aromatic rings. The van der Waals surface area contributed by atoms with Crippen LogP contribution in [0.15, 0.2) is 47.8 Å². The van der Waals surface area contributed by atoms with E-state index in [-0.39, 0.29) is 17.6 Å². The number of phenols is 1. The zero-order valence-corrected chi connectivity index (χ0v) is 16.5. The van der Waals surface area contributed by atoms with Crippen LogP contribution in [-0.4, -0.2) is 24.7 Å². The maximum absolute atomic E-state index is 12.5. The highest BCUT2D eigenvalue weighted by molar-refractivity contribution is 7.11. The molecular formula is C22H21NO4S. The van der Waals surface area contributed by atoms with E-state index >= 15 is 0 Å². The third kappa shape index (κ3) is 3.31. The van der Waals surface area contributed by atoms with Crippen LogP contribution in [0, 0.1) is 0 Å². The van der Waals surface area contributed by atoms with E-state index in [1.807, 2.05) is 43.3 Å². The topological polar surface area (TPSA) is 67.8 Å². The largest absolute Gasteiger partial charge is 0.504 e. The van der Waals surface area contributed by atoms with Gasteiger partial charge in [-0.15, -0.1) is 11.3 Å². The van der Waals surface area contributed by atoms with Crippen LogP contribution in [0.5, 0.6) is 17.2 Å². The number of phenolic OH excluding ortho intramolecular Hbond substituents is 1. The van der Waals surface area contributed by atoms with Gasteiger partial charge in [-0.1, -0.05) is 18.2 Å². The second kappa shape index (κ2) is 7.56. The minimum Gasteiger partial charge on any atom is -0.504 e. The number of ether oxygens (including phenoxy) is 2. The molecular weight excluding hydrogens is 374 g/mol. The third-order valence-corrected chi connectivity index (χ3v) is 5.97. The Morgan fingerprint density at radius 2 is 2.00 bits per heavy atom. The van der Waals surface area contributed by atoms with Gasteiger partial charge < -0.3 is 19.9 Å². The molecule has 1 aliphatic rings. The average molecular weight is 395 g/mol. The summed E-state index contributed by atoms with van der Waals surface area (Å²) in [5.74, 6) is 1.26. The Morgan fingerprint density at radius 1 is 1.21 bits per heavy atom. The van der Waals surface area contributed by atoms with Gasteiger partial charge in [0, 0.05) is 28.2 Å². The number of thiophene rings is 1. The SMILES string of the molecule is CCOc1cc([C@@H]2CC(=O)Nc3c(-c4ccc(OC)cc4)csc32)ccc1O. The van der Waals surface area contributed by atoms with Crippen molar-refractivity contribution in [3.05, 3.63) is 58.3 Å². The lowest BCUT2D eigenvalue weighted by Crippen LogP contribution is -2.22. The van der Waals surface area contributed by atoms with Gasteiger partial charge in [0.05, 0.1) is 19.4 Å². The quantitative estimate of drug-likeness (QED) is 0.638. The Kier molecular flexibility index (Phi) is 4.96. The average Bonchev–Trinajstić information content (AvgIpc) is 3.13. The van der Waals surface area contributed by atoms with E-state index in [1.165, 1.54) is 0 Å². The predicted octanol–water partition coefficient (Wildman–Crippen LogP) is 5.00. The standard InChI is InChI=1S/C22H21NO4S/c1-3-27-19-10-14(6-9-18(19)24)16-11-20(25)23-21-17(12-28-22(16)21)13-4-7-15(26-2)8-5-13/h4-10,12,16,24H,3,11H2,1-2H3,(H,23,25)/t16-/m0/s1. The number of amides is 1. The number of hydrogen-bond donors (Lipinski definition) is 2. The van der Waals surface area contributed by atoms with Gasteiger partial charge in [0.2, 0.25) is 5.91 Å². The van der Waals surface area contributed by atoms with Gasteiger partial charge in [-0.25, -0.2) is 0 Å². The fourth-order valence-corrected chi connectivity index (χ4v) is 4.66. The molecule has 2 heterocycles. The number of nitrogens with one attached hydrogen (secondary N) is 1. The van der Waals surface area contributed by atoms with E-state index in [1.54, 1.807) is 24.5 Å². The van der Waals surface area contributed by atoms with Crippen molar-refractivity contribution in [1.29, 1.82) is 0 Å². The zero-order chi connectivity index (χ0) is 19.7. The van der Waals surface area contributed by atoms with E-state index in [0.717, 1.165) is 33.0 Å². The molecule has 0 saturated carbocycles. The maximum Gasteiger partial charge on any atom is 0.225 e. The normalized spacial score (nSPS) is 15.6. The molecule has 2 N–H and O–H groups in total. The van der Waals surface area contributed by atoms with Gasteiger partial charge in [0.15, 0.2) is 11.5 Å². The molecule has 0 aliphatic carbocycles. The maximum atomic E-state index is 12.5. The number of rotatable bonds is 5. The number of methoxy groups -OCH3 is 1. The van der Waals surface area contributed by atoms with E-state index in [0.29, 0.717) is 18.8 Å². The van der Waals surface area contributed by atoms with Crippen molar-refractivity contribution in [2.45, 2.75) is 19.3 Å². The summed E-state index contributed by atoms with van der Waals surface area (Å²) in [6.45, 7) is 2.34. The minimum atomic E-state index is -0.0689. The molecule has 0 bridgehead atoms. The molecule has 2 aromatic carbocycles. The Morgan fingerprint density at radius 3 is 2.71 bits per heavy atom. The molecule has 1 aromatic heterocycles. The summed E-state index contributed by atoms with van der Waals surface area (Å²) >= 11 is 1.64. The van der Waals surface area contributed by atoms with E-state index in [9.17, 15) is 9.90 Å². The van der Waals surface area contributed by atoms with Gasteiger partial charge >= 0.3 is 0 Å². The van der Waals surface area contributed by atoms with Crippen LogP contribution < -0.4 is 14.8 Å². The molecule has 0 fully saturated rings. The van der Waals surface area contributed by atoms with Crippen molar-refractivity contribution in [1.82, 2.24) is 0 Å². The van der Waals surface area contributed by atoms with Gasteiger partial charge in [-0.2, -0.15) is 0 Å². The summed E-state index contributed by atoms with van der Waals surface area (Å²) in [5.41, 5.74) is 3.85. The Balaban J connectivity index is 1.75. The second-order valence-corrected chi connectivity index (χ2v) is 7.49. The molecule has 6 heteroatoms. The van der Waals surface area contributed by atoms with Gasteiger partial charge in [-0.3, -0.25) is 4.79 Å². The van der Waals surface area contributed by atoms with Gasteiger partial charge in [0.25, 0.3) is 0 Å². The fraction of sp³-hybridized carbons (Fsp3) is 0.227. The van der Waals surface area contributed by atoms with Crippen LogP contribution in [0.1, 0.15) is 29.7 Å². The van der Waals surface area contributed by atoms with Crippen molar-refractivity contribution < 1.29 is 19.4 Å². The lowest BCUT2D eigenvalue weighted by molar-refractivity contribution is -0.116. The van der Waals surface area contributed by atoms with Crippen molar-refractivity contribution >= 4 is 22.9 Å². The summed E-state index contributed by atoms with van der Waals surface area (Å²) in [7, 11) is 1.64. The molecule has 0 saturated heterocycles. The first-order valence-electron chi connectivity index (χ1n) is 9.12. The summed E-state index contributed by atoms with van der Waals surface area (Å²) in [6.07, 6.45) is 0.367. The van der Waals surface area contributed by atoms with Crippen LogP contribution in [-0.2, 0) is 4.79 Å². The molecule has 28 heavy (non-hydrogen) atoms. The number of hydrogen-bond acceptors (Lipinski definition) is 5. The smallest absolute Gasteiger partial charge is 0.225 e. The number of anilines is 1. The van der Waals surface area contributed by atoms with Crippen molar-refractivity contribution in [2.24, 2.45) is 0 Å². The summed E-state index contributed by atoms with van der Waals surface area (Å²) in [4.78, 5) is 13.6. The highest BCUT2D eigenvalue weighted by Crippen LogP contribution is 2.47. The molecule has 0 radical (unpaired) electrons. The molecule has 5 nitrogen and oxygen atoms in total. The third-order valence-electron chi connectivity index (χ3n) is 4.88. The number of carbonyl (C=O) groups excluding carboxylic acids is 1. The molecule has 1 aliphatic heterocycles. The van der Waals surface area contributed by atoms with Crippen molar-refractivity contribution in [3.8, 4) is 28.4 Å². The Hall–Kier alpha value is -2.99. The molecule has 0 spiro atoms. The van der Waals surface area contributed by atoms with Crippen LogP contribution in [0.4, 0.5) is 5.69 Å². The molecule has 4 rings (SSSR count). The number of carbonyl (C=O) groups is 1. The highest BCUT2D eigenvalue weighted by atomic mass is 32.1. The van der Waals surface area contributed by atoms with E-state index in [4.69, 9.17) is 9.47 Å². The van der Waals surface area contributed by atoms with E-state index in [2.05, 4.69) is 10.7 Å². The lowest BCUT2D eigenvalue weighted by Gasteiger charge is -2.24. The summed E-state index contributed by atoms with van der Waals surface area (Å²) in [5, 5.41) is 15.1. The van der Waals surface area contributed by atoms with Crippen LogP contribution in [0.2, 0.25) is 0 Å². The lowest BCUT2D eigenvalue weighted by atomic mass is 9.89. The zero-order valence-electron chi connectivity index (χ0n) is 15.7. The first kappa shape index (κ1) is 18.4. The number of fused-ring (bicyclic) bond motifs is 1. The predicted molar refractivity (Wildman–Crippen MR) is 111 cm³/mol. The van der Waals surface area contributed by atoms with Crippen molar-refractivity contribution in [2.75, 3.05) is 19.0 Å². The van der Waals surface area contributed by atoms with Crippen molar-refractivity contribution in [3.63, 3.8) is 0 Å². The Labute approximate surface area is 167 Å². The first-order chi connectivity index (χ1) is 13.6. The minimum absolute atomic E-state index is 0.0169. The van der Waals surface area contributed by atoms with Gasteiger partial charge in [0.1, 0.15) is 5.75 Å². The number of aromatic hydroxyl groups is 1. The first-order valence-corrected chi connectivity index (χ1v) is 10.00. The summed E-state index contributed by atoms with van der Waals surface area (Å²) < 4.78 is 10.8. The molecule has 1 amide bonds. The molecule has 1 atom stereocenters. The Bertz CT molecular complexity index is 1010. The van der Waals surface area contributed by atoms with E-state index < -0.39 is 0 Å². The second-order valence-electron chi connectivity index (χ2n) is 6.58. The monoisotopic (exact) mass is 395 g/mol.